The monoisotopic (exact) mass is 414 g/mol. The van der Waals surface area contributed by atoms with Crippen LogP contribution in [0.4, 0.5) is 5.95 Å². The van der Waals surface area contributed by atoms with E-state index in [-0.39, 0.29) is 29.4 Å². The number of ether oxygens (including phenoxy) is 3. The number of hydrogen-bond acceptors (Lipinski definition) is 9. The second-order valence-electron chi connectivity index (χ2n) is 6.43. The number of carbonyl (C=O) groups excluding carboxylic acids is 3. The summed E-state index contributed by atoms with van der Waals surface area (Å²) in [5, 5.41) is 0. The Morgan fingerprint density at radius 2 is 1.47 bits per heavy atom. The van der Waals surface area contributed by atoms with Gasteiger partial charge in [-0.3, -0.25) is 4.79 Å². The summed E-state index contributed by atoms with van der Waals surface area (Å²) in [6.07, 6.45) is 3.36. The molecule has 3 rings (SSSR count). The van der Waals surface area contributed by atoms with Crippen LogP contribution in [0.1, 0.15) is 20.7 Å². The molecule has 30 heavy (non-hydrogen) atoms. The van der Waals surface area contributed by atoms with Gasteiger partial charge in [-0.2, -0.15) is 0 Å². The molecular formula is C20H22N4O6. The van der Waals surface area contributed by atoms with Crippen LogP contribution in [0.5, 0.6) is 5.75 Å². The highest BCUT2D eigenvalue weighted by Crippen LogP contribution is 2.19. The number of esters is 2. The van der Waals surface area contributed by atoms with E-state index in [1.807, 2.05) is 4.90 Å². The number of anilines is 1. The molecule has 158 valence electrons. The van der Waals surface area contributed by atoms with E-state index in [1.54, 1.807) is 23.4 Å². The largest absolute Gasteiger partial charge is 0.484 e. The predicted octanol–water partition coefficient (Wildman–Crippen LogP) is 0.777. The summed E-state index contributed by atoms with van der Waals surface area (Å²) < 4.78 is 14.9. The molecule has 0 aliphatic carbocycles. The van der Waals surface area contributed by atoms with Crippen LogP contribution in [0.15, 0.2) is 36.7 Å². The lowest BCUT2D eigenvalue weighted by atomic mass is 10.1. The van der Waals surface area contributed by atoms with Gasteiger partial charge in [-0.25, -0.2) is 19.6 Å². The van der Waals surface area contributed by atoms with Crippen LogP contribution in [0.3, 0.4) is 0 Å². The molecule has 1 fully saturated rings. The minimum atomic E-state index is -0.629. The van der Waals surface area contributed by atoms with Crippen molar-refractivity contribution in [2.24, 2.45) is 0 Å². The van der Waals surface area contributed by atoms with Crippen LogP contribution in [0.2, 0.25) is 0 Å². The van der Waals surface area contributed by atoms with E-state index in [0.29, 0.717) is 32.1 Å². The fraction of sp³-hybridized carbons (Fsp3) is 0.350. The second kappa shape index (κ2) is 9.68. The average molecular weight is 414 g/mol. The van der Waals surface area contributed by atoms with Gasteiger partial charge < -0.3 is 24.0 Å². The van der Waals surface area contributed by atoms with Crippen LogP contribution in [0.25, 0.3) is 0 Å². The Morgan fingerprint density at radius 1 is 0.900 bits per heavy atom. The summed E-state index contributed by atoms with van der Waals surface area (Å²) in [5.41, 5.74) is 0.249. The Labute approximate surface area is 173 Å². The Morgan fingerprint density at radius 3 is 2.00 bits per heavy atom. The highest BCUT2D eigenvalue weighted by Gasteiger charge is 2.23. The molecule has 0 spiro atoms. The molecule has 0 atom stereocenters. The molecule has 0 unspecified atom stereocenters. The maximum Gasteiger partial charge on any atom is 0.338 e. The third kappa shape index (κ3) is 5.02. The Kier molecular flexibility index (Phi) is 6.79. The number of carbonyl (C=O) groups is 3. The standard InChI is InChI=1S/C20H22N4O6/c1-28-18(26)14-10-15(19(27)29-2)12-16(11-14)30-13-17(25)23-6-8-24(9-7-23)20-21-4-3-5-22-20/h3-5,10-12H,6-9,13H2,1-2H3. The van der Waals surface area contributed by atoms with Crippen molar-refractivity contribution in [2.45, 2.75) is 0 Å². The van der Waals surface area contributed by atoms with Crippen LogP contribution in [-0.4, -0.2) is 79.7 Å². The van der Waals surface area contributed by atoms with Gasteiger partial charge in [0.15, 0.2) is 6.61 Å². The lowest BCUT2D eigenvalue weighted by Crippen LogP contribution is -2.50. The van der Waals surface area contributed by atoms with Crippen molar-refractivity contribution in [3.05, 3.63) is 47.8 Å². The molecule has 10 heteroatoms. The summed E-state index contributed by atoms with van der Waals surface area (Å²) in [7, 11) is 2.47. The number of nitrogens with zero attached hydrogens (tertiary/aromatic N) is 4. The van der Waals surface area contributed by atoms with Gasteiger partial charge in [0.2, 0.25) is 5.95 Å². The van der Waals surface area contributed by atoms with Crippen molar-refractivity contribution in [3.8, 4) is 5.75 Å². The lowest BCUT2D eigenvalue weighted by molar-refractivity contribution is -0.133. The van der Waals surface area contributed by atoms with Gasteiger partial charge in [0, 0.05) is 38.6 Å². The molecule has 1 saturated heterocycles. The molecule has 2 heterocycles. The average Bonchev–Trinajstić information content (AvgIpc) is 2.81. The molecule has 1 aromatic heterocycles. The number of aromatic nitrogens is 2. The highest BCUT2D eigenvalue weighted by molar-refractivity contribution is 5.96. The first-order chi connectivity index (χ1) is 14.5. The third-order valence-electron chi connectivity index (χ3n) is 4.58. The summed E-state index contributed by atoms with van der Waals surface area (Å²) in [6.45, 7) is 2.01. The van der Waals surface area contributed by atoms with Crippen molar-refractivity contribution in [2.75, 3.05) is 51.9 Å². The fourth-order valence-electron chi connectivity index (χ4n) is 3.00. The summed E-state index contributed by atoms with van der Waals surface area (Å²) >= 11 is 0. The van der Waals surface area contributed by atoms with Gasteiger partial charge in [-0.15, -0.1) is 0 Å². The first-order valence-corrected chi connectivity index (χ1v) is 9.26. The third-order valence-corrected chi connectivity index (χ3v) is 4.58. The van der Waals surface area contributed by atoms with Gasteiger partial charge >= 0.3 is 11.9 Å². The van der Waals surface area contributed by atoms with Crippen molar-refractivity contribution in [3.63, 3.8) is 0 Å². The number of rotatable bonds is 6. The van der Waals surface area contributed by atoms with Gasteiger partial charge in [0.05, 0.1) is 25.3 Å². The Bertz CT molecular complexity index is 879. The maximum absolute atomic E-state index is 12.5. The molecule has 0 saturated carbocycles. The molecular weight excluding hydrogens is 392 g/mol. The van der Waals surface area contributed by atoms with E-state index in [4.69, 9.17) is 14.2 Å². The molecule has 2 aromatic rings. The lowest BCUT2D eigenvalue weighted by Gasteiger charge is -2.34. The van der Waals surface area contributed by atoms with Gasteiger partial charge in [0.25, 0.3) is 5.91 Å². The van der Waals surface area contributed by atoms with E-state index in [9.17, 15) is 14.4 Å². The highest BCUT2D eigenvalue weighted by atomic mass is 16.5. The zero-order valence-electron chi connectivity index (χ0n) is 16.7. The number of methoxy groups -OCH3 is 2. The first kappa shape index (κ1) is 21.0. The minimum Gasteiger partial charge on any atom is -0.484 e. The van der Waals surface area contributed by atoms with Crippen molar-refractivity contribution in [1.82, 2.24) is 14.9 Å². The summed E-state index contributed by atoms with van der Waals surface area (Å²) in [5.74, 6) is -0.627. The SMILES string of the molecule is COC(=O)c1cc(OCC(=O)N2CCN(c3ncccn3)CC2)cc(C(=O)OC)c1. The quantitative estimate of drug-likeness (QED) is 0.633. The maximum atomic E-state index is 12.5. The van der Waals surface area contributed by atoms with Crippen molar-refractivity contribution >= 4 is 23.8 Å². The normalized spacial score (nSPS) is 13.5. The zero-order chi connectivity index (χ0) is 21.5. The summed E-state index contributed by atoms with van der Waals surface area (Å²) in [4.78, 5) is 48.3. The first-order valence-electron chi connectivity index (χ1n) is 9.26. The Hall–Kier alpha value is -3.69. The second-order valence-corrected chi connectivity index (χ2v) is 6.43. The van der Waals surface area contributed by atoms with E-state index >= 15 is 0 Å². The fourth-order valence-corrected chi connectivity index (χ4v) is 3.00. The molecule has 0 radical (unpaired) electrons. The van der Waals surface area contributed by atoms with Crippen LogP contribution < -0.4 is 9.64 Å². The van der Waals surface area contributed by atoms with E-state index in [0.717, 1.165) is 0 Å². The van der Waals surface area contributed by atoms with E-state index in [2.05, 4.69) is 9.97 Å². The van der Waals surface area contributed by atoms with E-state index in [1.165, 1.54) is 32.4 Å². The number of benzene rings is 1. The zero-order valence-corrected chi connectivity index (χ0v) is 16.7. The topological polar surface area (TPSA) is 111 Å². The molecule has 10 nitrogen and oxygen atoms in total. The number of hydrogen-bond donors (Lipinski definition) is 0. The van der Waals surface area contributed by atoms with Gasteiger partial charge in [-0.05, 0) is 24.3 Å². The van der Waals surface area contributed by atoms with Crippen molar-refractivity contribution < 1.29 is 28.6 Å². The van der Waals surface area contributed by atoms with E-state index < -0.39 is 11.9 Å². The molecule has 0 N–H and O–H groups in total. The minimum absolute atomic E-state index is 0.124. The molecule has 1 aromatic carbocycles. The van der Waals surface area contributed by atoms with Gasteiger partial charge in [0.1, 0.15) is 5.75 Å². The predicted molar refractivity (Wildman–Crippen MR) is 105 cm³/mol. The Balaban J connectivity index is 1.60. The van der Waals surface area contributed by atoms with Crippen molar-refractivity contribution in [1.29, 1.82) is 0 Å². The molecule has 1 aliphatic rings. The molecule has 0 bridgehead atoms. The van der Waals surface area contributed by atoms with Crippen LogP contribution in [-0.2, 0) is 14.3 Å². The summed E-state index contributed by atoms with van der Waals surface area (Å²) in [6, 6.07) is 5.92. The smallest absolute Gasteiger partial charge is 0.338 e. The molecule has 1 aliphatic heterocycles. The van der Waals surface area contributed by atoms with Crippen LogP contribution in [0, 0.1) is 0 Å². The van der Waals surface area contributed by atoms with Crippen LogP contribution >= 0.6 is 0 Å². The van der Waals surface area contributed by atoms with Gasteiger partial charge in [-0.1, -0.05) is 0 Å². The number of amides is 1. The molecule has 1 amide bonds. The number of piperazine rings is 1.